The molecule has 0 fully saturated rings. The molecule has 0 unspecified atom stereocenters. The van der Waals surface area contributed by atoms with Gasteiger partial charge in [0.1, 0.15) is 0 Å². The third-order valence-corrected chi connectivity index (χ3v) is 1.59. The molecule has 0 saturated heterocycles. The quantitative estimate of drug-likeness (QED) is 0.590. The summed E-state index contributed by atoms with van der Waals surface area (Å²) in [6, 6.07) is 0. The summed E-state index contributed by atoms with van der Waals surface area (Å²) in [5.41, 5.74) is 1.23. The van der Waals surface area contributed by atoms with Crippen molar-refractivity contribution in [3.63, 3.8) is 0 Å². The Labute approximate surface area is 72.7 Å². The molecule has 0 aromatic heterocycles. The van der Waals surface area contributed by atoms with E-state index < -0.39 is 5.97 Å². The van der Waals surface area contributed by atoms with Crippen molar-refractivity contribution in [2.45, 2.75) is 32.6 Å². The van der Waals surface area contributed by atoms with E-state index in [1.165, 1.54) is 24.8 Å². The third-order valence-electron chi connectivity index (χ3n) is 1.59. The van der Waals surface area contributed by atoms with Gasteiger partial charge in [0, 0.05) is 6.92 Å². The highest BCUT2D eigenvalue weighted by Crippen LogP contribution is 2.15. The van der Waals surface area contributed by atoms with Crippen LogP contribution in [0.1, 0.15) is 32.6 Å². The highest BCUT2D eigenvalue weighted by Gasteiger charge is 1.99. The molecule has 2 N–H and O–H groups in total. The first-order valence-corrected chi connectivity index (χ1v) is 4.15. The lowest BCUT2D eigenvalue weighted by molar-refractivity contribution is -0.134. The van der Waals surface area contributed by atoms with Crippen LogP contribution in [0, 0.1) is 0 Å². The van der Waals surface area contributed by atoms with Crippen molar-refractivity contribution in [2.24, 2.45) is 0 Å². The molecule has 0 atom stereocenters. The number of carboxylic acid groups (broad SMARTS) is 1. The SMILES string of the molecule is CC(=O)O.OCC1=CCCCC1. The zero-order valence-corrected chi connectivity index (χ0v) is 7.42. The van der Waals surface area contributed by atoms with E-state index in [1.807, 2.05) is 0 Å². The molecule has 12 heavy (non-hydrogen) atoms. The maximum Gasteiger partial charge on any atom is 0.300 e. The second-order valence-electron chi connectivity index (χ2n) is 2.79. The van der Waals surface area contributed by atoms with E-state index in [0.717, 1.165) is 13.3 Å². The lowest BCUT2D eigenvalue weighted by Crippen LogP contribution is -1.95. The number of carboxylic acids is 1. The third kappa shape index (κ3) is 7.28. The van der Waals surface area contributed by atoms with Gasteiger partial charge in [0.25, 0.3) is 5.97 Å². The average Bonchev–Trinajstić information content (AvgIpc) is 2.05. The molecule has 1 aliphatic carbocycles. The molecule has 0 bridgehead atoms. The molecule has 0 aromatic rings. The van der Waals surface area contributed by atoms with Gasteiger partial charge < -0.3 is 10.2 Å². The molecule has 0 radical (unpaired) electrons. The fourth-order valence-electron chi connectivity index (χ4n) is 1.05. The Morgan fingerprint density at radius 3 is 2.42 bits per heavy atom. The molecular weight excluding hydrogens is 156 g/mol. The molecule has 0 saturated carbocycles. The lowest BCUT2D eigenvalue weighted by atomic mass is 10.0. The number of carbonyl (C=O) groups is 1. The summed E-state index contributed by atoms with van der Waals surface area (Å²) in [6.45, 7) is 1.36. The molecule has 0 aromatic carbocycles. The van der Waals surface area contributed by atoms with Gasteiger partial charge in [0.2, 0.25) is 0 Å². The predicted octanol–water partition coefficient (Wildman–Crippen LogP) is 1.57. The first kappa shape index (κ1) is 11.2. The monoisotopic (exact) mass is 172 g/mol. The van der Waals surface area contributed by atoms with E-state index in [2.05, 4.69) is 6.08 Å². The Hall–Kier alpha value is -0.830. The average molecular weight is 172 g/mol. The first-order valence-electron chi connectivity index (χ1n) is 4.15. The van der Waals surface area contributed by atoms with Crippen LogP contribution < -0.4 is 0 Å². The van der Waals surface area contributed by atoms with Gasteiger partial charge in [0.15, 0.2) is 0 Å². The van der Waals surface area contributed by atoms with E-state index in [1.54, 1.807) is 0 Å². The Kier molecular flexibility index (Phi) is 6.38. The maximum atomic E-state index is 9.00. The number of allylic oxidation sites excluding steroid dienone is 1. The Bertz CT molecular complexity index is 157. The van der Waals surface area contributed by atoms with Crippen molar-refractivity contribution in [1.82, 2.24) is 0 Å². The van der Waals surface area contributed by atoms with Crippen molar-refractivity contribution in [1.29, 1.82) is 0 Å². The van der Waals surface area contributed by atoms with E-state index in [0.29, 0.717) is 0 Å². The molecule has 0 aliphatic heterocycles. The Morgan fingerprint density at radius 1 is 1.58 bits per heavy atom. The number of rotatable bonds is 1. The van der Waals surface area contributed by atoms with Crippen LogP contribution in [0.3, 0.4) is 0 Å². The highest BCUT2D eigenvalue weighted by atomic mass is 16.4. The summed E-state index contributed by atoms with van der Waals surface area (Å²) in [5.74, 6) is -0.833. The zero-order valence-electron chi connectivity index (χ0n) is 7.42. The Morgan fingerprint density at radius 2 is 2.17 bits per heavy atom. The fourth-order valence-corrected chi connectivity index (χ4v) is 1.05. The topological polar surface area (TPSA) is 57.5 Å². The molecule has 3 heteroatoms. The summed E-state index contributed by atoms with van der Waals surface area (Å²) in [7, 11) is 0. The van der Waals surface area contributed by atoms with Crippen molar-refractivity contribution < 1.29 is 15.0 Å². The standard InChI is InChI=1S/C7H12O.C2H4O2/c8-6-7-4-2-1-3-5-7;1-2(3)4/h4,8H,1-3,5-6H2;1H3,(H,3,4). The van der Waals surface area contributed by atoms with Gasteiger partial charge in [0.05, 0.1) is 6.61 Å². The van der Waals surface area contributed by atoms with Gasteiger partial charge in [-0.15, -0.1) is 0 Å². The van der Waals surface area contributed by atoms with E-state index in [9.17, 15) is 0 Å². The lowest BCUT2D eigenvalue weighted by Gasteiger charge is -2.08. The minimum absolute atomic E-state index is 0.278. The van der Waals surface area contributed by atoms with Gasteiger partial charge in [-0.05, 0) is 31.3 Å². The minimum Gasteiger partial charge on any atom is -0.481 e. The first-order chi connectivity index (χ1) is 5.66. The summed E-state index contributed by atoms with van der Waals surface area (Å²) < 4.78 is 0. The van der Waals surface area contributed by atoms with Gasteiger partial charge in [-0.3, -0.25) is 4.79 Å². The van der Waals surface area contributed by atoms with Crippen LogP contribution in [0.2, 0.25) is 0 Å². The summed E-state index contributed by atoms with van der Waals surface area (Å²) >= 11 is 0. The number of aliphatic carboxylic acids is 1. The number of aliphatic hydroxyl groups is 1. The largest absolute Gasteiger partial charge is 0.481 e. The van der Waals surface area contributed by atoms with Crippen LogP contribution in [-0.2, 0) is 4.79 Å². The smallest absolute Gasteiger partial charge is 0.300 e. The van der Waals surface area contributed by atoms with Crippen LogP contribution in [-0.4, -0.2) is 22.8 Å². The van der Waals surface area contributed by atoms with Gasteiger partial charge in [-0.1, -0.05) is 6.08 Å². The predicted molar refractivity (Wildman–Crippen MR) is 46.9 cm³/mol. The molecule has 1 rings (SSSR count). The summed E-state index contributed by atoms with van der Waals surface area (Å²) in [4.78, 5) is 9.00. The summed E-state index contributed by atoms with van der Waals surface area (Å²) in [5, 5.41) is 16.0. The summed E-state index contributed by atoms with van der Waals surface area (Å²) in [6.07, 6.45) is 7.03. The van der Waals surface area contributed by atoms with Gasteiger partial charge in [-0.2, -0.15) is 0 Å². The maximum absolute atomic E-state index is 9.00. The van der Waals surface area contributed by atoms with Crippen molar-refractivity contribution in [3.05, 3.63) is 11.6 Å². The zero-order chi connectivity index (χ0) is 9.40. The molecule has 1 aliphatic rings. The van der Waals surface area contributed by atoms with Crippen molar-refractivity contribution in [3.8, 4) is 0 Å². The van der Waals surface area contributed by atoms with E-state index in [-0.39, 0.29) is 6.61 Å². The molecule has 70 valence electrons. The van der Waals surface area contributed by atoms with Crippen LogP contribution in [0.4, 0.5) is 0 Å². The molecule has 0 heterocycles. The molecular formula is C9H16O3. The molecule has 0 spiro atoms. The van der Waals surface area contributed by atoms with E-state index in [4.69, 9.17) is 15.0 Å². The van der Waals surface area contributed by atoms with Crippen LogP contribution in [0.15, 0.2) is 11.6 Å². The van der Waals surface area contributed by atoms with Crippen molar-refractivity contribution >= 4 is 5.97 Å². The van der Waals surface area contributed by atoms with Crippen molar-refractivity contribution in [2.75, 3.05) is 6.61 Å². The fraction of sp³-hybridized carbons (Fsp3) is 0.667. The molecule has 3 nitrogen and oxygen atoms in total. The van der Waals surface area contributed by atoms with Gasteiger partial charge in [-0.25, -0.2) is 0 Å². The normalized spacial score (nSPS) is 15.7. The van der Waals surface area contributed by atoms with Crippen LogP contribution >= 0.6 is 0 Å². The second kappa shape index (κ2) is 6.85. The Balaban J connectivity index is 0.000000261. The van der Waals surface area contributed by atoms with Crippen LogP contribution in [0.25, 0.3) is 0 Å². The highest BCUT2D eigenvalue weighted by molar-refractivity contribution is 5.62. The van der Waals surface area contributed by atoms with Gasteiger partial charge >= 0.3 is 0 Å². The van der Waals surface area contributed by atoms with Crippen LogP contribution in [0.5, 0.6) is 0 Å². The number of aliphatic hydroxyl groups excluding tert-OH is 1. The number of hydrogen-bond acceptors (Lipinski definition) is 2. The number of hydrogen-bond donors (Lipinski definition) is 2. The molecule has 0 amide bonds. The van der Waals surface area contributed by atoms with E-state index >= 15 is 0 Å². The second-order valence-corrected chi connectivity index (χ2v) is 2.79. The minimum atomic E-state index is -0.833.